The molecule has 346 valence electrons. The number of carbonyl (C=O) groups excluding carboxylic acids is 1. The van der Waals surface area contributed by atoms with E-state index in [0.29, 0.717) is 6.42 Å². The largest absolute Gasteiger partial charge is 0.394 e. The van der Waals surface area contributed by atoms with Gasteiger partial charge in [0.2, 0.25) is 5.91 Å². The summed E-state index contributed by atoms with van der Waals surface area (Å²) in [6.45, 7) is 4.33. The molecule has 0 bridgehead atoms. The van der Waals surface area contributed by atoms with Crippen molar-refractivity contribution in [3.63, 3.8) is 0 Å². The van der Waals surface area contributed by atoms with Crippen molar-refractivity contribution in [1.82, 2.24) is 5.32 Å². The molecule has 0 radical (unpaired) electrons. The molecule has 0 aliphatic rings. The molecule has 0 aliphatic heterocycles. The lowest BCUT2D eigenvalue weighted by molar-refractivity contribution is -0.123. The molecule has 0 aromatic rings. The van der Waals surface area contributed by atoms with Crippen LogP contribution in [0.2, 0.25) is 0 Å². The minimum Gasteiger partial charge on any atom is -0.394 e. The predicted octanol–water partition coefficient (Wildman–Crippen LogP) is 17.4. The molecule has 0 aliphatic carbocycles. The number of unbranched alkanes of at least 4 members (excludes halogenated alkanes) is 43. The van der Waals surface area contributed by atoms with E-state index in [1.165, 1.54) is 263 Å². The molecule has 0 rings (SSSR count). The van der Waals surface area contributed by atoms with Gasteiger partial charge in [-0.15, -0.1) is 0 Å². The zero-order chi connectivity index (χ0) is 42.1. The Hall–Kier alpha value is -0.870. The van der Waals surface area contributed by atoms with E-state index in [4.69, 9.17) is 0 Å². The van der Waals surface area contributed by atoms with Crippen LogP contribution in [-0.2, 0) is 4.79 Å². The van der Waals surface area contributed by atoms with Crippen LogP contribution in [0.1, 0.15) is 309 Å². The highest BCUT2D eigenvalue weighted by molar-refractivity contribution is 5.76. The number of aliphatic hydroxyl groups is 2. The summed E-state index contributed by atoms with van der Waals surface area (Å²) in [7, 11) is 0. The van der Waals surface area contributed by atoms with Crippen LogP contribution in [0, 0.1) is 0 Å². The number of aliphatic hydroxyl groups excluding tert-OH is 2. The fraction of sp³-hybridized carbons (Fsp3) is 0.944. The van der Waals surface area contributed by atoms with Crippen LogP contribution in [0.3, 0.4) is 0 Å². The normalized spacial score (nSPS) is 12.8. The zero-order valence-electron chi connectivity index (χ0n) is 39.8. The van der Waals surface area contributed by atoms with Crippen molar-refractivity contribution in [3.05, 3.63) is 12.2 Å². The van der Waals surface area contributed by atoms with E-state index in [-0.39, 0.29) is 12.5 Å². The summed E-state index contributed by atoms with van der Waals surface area (Å²) in [5.74, 6) is -0.0583. The Kier molecular flexibility index (Phi) is 49.7. The summed E-state index contributed by atoms with van der Waals surface area (Å²) in [6, 6.07) is -0.616. The Morgan fingerprint density at radius 3 is 0.897 bits per heavy atom. The third kappa shape index (κ3) is 46.2. The molecule has 3 N–H and O–H groups in total. The third-order valence-corrected chi connectivity index (χ3v) is 12.8. The van der Waals surface area contributed by atoms with Crippen LogP contribution in [0.15, 0.2) is 12.2 Å². The van der Waals surface area contributed by atoms with Gasteiger partial charge in [-0.05, 0) is 19.3 Å². The van der Waals surface area contributed by atoms with Gasteiger partial charge in [0.1, 0.15) is 0 Å². The van der Waals surface area contributed by atoms with Gasteiger partial charge >= 0.3 is 0 Å². The smallest absolute Gasteiger partial charge is 0.220 e. The van der Waals surface area contributed by atoms with Crippen LogP contribution in [0.4, 0.5) is 0 Å². The minimum atomic E-state index is -0.833. The molecule has 1 amide bonds. The van der Waals surface area contributed by atoms with E-state index in [9.17, 15) is 15.0 Å². The molecule has 0 unspecified atom stereocenters. The summed E-state index contributed by atoms with van der Waals surface area (Å²) >= 11 is 0. The second-order valence-corrected chi connectivity index (χ2v) is 18.7. The maximum atomic E-state index is 12.4. The first-order valence-electron chi connectivity index (χ1n) is 26.9. The van der Waals surface area contributed by atoms with E-state index >= 15 is 0 Å². The predicted molar refractivity (Wildman–Crippen MR) is 258 cm³/mol. The van der Waals surface area contributed by atoms with Crippen LogP contribution in [-0.4, -0.2) is 34.9 Å². The van der Waals surface area contributed by atoms with Gasteiger partial charge in [-0.25, -0.2) is 0 Å². The maximum Gasteiger partial charge on any atom is 0.220 e. The highest BCUT2D eigenvalue weighted by atomic mass is 16.3. The number of hydrogen-bond acceptors (Lipinski definition) is 3. The second-order valence-electron chi connectivity index (χ2n) is 18.7. The van der Waals surface area contributed by atoms with E-state index < -0.39 is 12.1 Å². The Labute approximate surface area is 365 Å². The number of rotatable bonds is 50. The lowest BCUT2D eigenvalue weighted by Crippen LogP contribution is -2.45. The molecular formula is C54H107NO3. The Balaban J connectivity index is 3.36. The Morgan fingerprint density at radius 1 is 0.397 bits per heavy atom. The van der Waals surface area contributed by atoms with E-state index in [1.807, 2.05) is 6.08 Å². The van der Waals surface area contributed by atoms with E-state index in [2.05, 4.69) is 19.2 Å². The average molecular weight is 818 g/mol. The molecule has 0 spiro atoms. The van der Waals surface area contributed by atoms with Gasteiger partial charge in [-0.3, -0.25) is 4.79 Å². The van der Waals surface area contributed by atoms with Crippen LogP contribution < -0.4 is 5.32 Å². The summed E-state index contributed by atoms with van der Waals surface area (Å²) in [4.78, 5) is 12.4. The van der Waals surface area contributed by atoms with Gasteiger partial charge in [0.25, 0.3) is 0 Å². The summed E-state index contributed by atoms with van der Waals surface area (Å²) in [5.41, 5.74) is 0. The summed E-state index contributed by atoms with van der Waals surface area (Å²) < 4.78 is 0. The number of hydrogen-bond donors (Lipinski definition) is 3. The third-order valence-electron chi connectivity index (χ3n) is 12.8. The molecule has 0 aromatic heterocycles. The Morgan fingerprint density at radius 2 is 0.638 bits per heavy atom. The van der Waals surface area contributed by atoms with E-state index in [0.717, 1.165) is 25.7 Å². The van der Waals surface area contributed by atoms with Gasteiger partial charge in [0.05, 0.1) is 18.8 Å². The van der Waals surface area contributed by atoms with Crippen LogP contribution in [0.25, 0.3) is 0 Å². The number of amides is 1. The van der Waals surface area contributed by atoms with Crippen molar-refractivity contribution in [1.29, 1.82) is 0 Å². The monoisotopic (exact) mass is 818 g/mol. The first kappa shape index (κ1) is 57.1. The molecule has 4 heteroatoms. The van der Waals surface area contributed by atoms with Gasteiger partial charge in [-0.1, -0.05) is 296 Å². The molecule has 0 saturated carbocycles. The fourth-order valence-corrected chi connectivity index (χ4v) is 8.65. The standard InChI is InChI=1S/C54H107NO3/c1-3-5-7-9-11-13-15-17-18-19-20-21-22-23-24-25-26-27-28-29-30-31-32-33-34-35-36-37-38-40-42-44-46-48-50-54(58)55-52(51-56)53(57)49-47-45-43-41-39-16-14-12-10-8-6-4-2/h47,49,52-53,56-57H,3-46,48,50-51H2,1-2H3,(H,55,58)/b49-47+/t52-,53+/m0/s1. The second kappa shape index (κ2) is 50.5. The summed E-state index contributed by atoms with van der Waals surface area (Å²) in [6.07, 6.45) is 65.2. The van der Waals surface area contributed by atoms with Crippen LogP contribution >= 0.6 is 0 Å². The Bertz CT molecular complexity index is 799. The fourth-order valence-electron chi connectivity index (χ4n) is 8.65. The lowest BCUT2D eigenvalue weighted by atomic mass is 10.0. The SMILES string of the molecule is CCCCCCCCCCCC/C=C/[C@@H](O)[C@H](CO)NC(=O)CCCCCCCCCCCCCCCCCCCCCCCCCCCCCCCCCCCC. The minimum absolute atomic E-state index is 0.0583. The molecule has 0 fully saturated rings. The first-order chi connectivity index (χ1) is 28.7. The average Bonchev–Trinajstić information content (AvgIpc) is 3.23. The first-order valence-corrected chi connectivity index (χ1v) is 26.9. The van der Waals surface area contributed by atoms with Crippen molar-refractivity contribution in [2.75, 3.05) is 6.61 Å². The maximum absolute atomic E-state index is 12.4. The summed E-state index contributed by atoms with van der Waals surface area (Å²) in [5, 5.41) is 23.0. The molecule has 2 atom stereocenters. The highest BCUT2D eigenvalue weighted by Gasteiger charge is 2.18. The number of carbonyl (C=O) groups is 1. The highest BCUT2D eigenvalue weighted by Crippen LogP contribution is 2.18. The molecule has 0 heterocycles. The van der Waals surface area contributed by atoms with Gasteiger partial charge in [0, 0.05) is 6.42 Å². The number of nitrogens with one attached hydrogen (secondary N) is 1. The van der Waals surface area contributed by atoms with Crippen molar-refractivity contribution in [2.24, 2.45) is 0 Å². The van der Waals surface area contributed by atoms with Crippen molar-refractivity contribution in [2.45, 2.75) is 321 Å². The molecule has 4 nitrogen and oxygen atoms in total. The lowest BCUT2D eigenvalue weighted by Gasteiger charge is -2.20. The molecule has 0 saturated heterocycles. The topological polar surface area (TPSA) is 69.6 Å². The van der Waals surface area contributed by atoms with E-state index in [1.54, 1.807) is 6.08 Å². The molecule has 58 heavy (non-hydrogen) atoms. The van der Waals surface area contributed by atoms with Crippen molar-refractivity contribution in [3.8, 4) is 0 Å². The van der Waals surface area contributed by atoms with Gasteiger partial charge in [0.15, 0.2) is 0 Å². The number of allylic oxidation sites excluding steroid dienone is 1. The van der Waals surface area contributed by atoms with Crippen LogP contribution in [0.5, 0.6) is 0 Å². The molecule has 0 aromatic carbocycles. The van der Waals surface area contributed by atoms with Crippen molar-refractivity contribution < 1.29 is 15.0 Å². The zero-order valence-corrected chi connectivity index (χ0v) is 39.8. The van der Waals surface area contributed by atoms with Crippen molar-refractivity contribution >= 4 is 5.91 Å². The van der Waals surface area contributed by atoms with Gasteiger partial charge in [-0.2, -0.15) is 0 Å². The molecular weight excluding hydrogens is 711 g/mol. The quantitative estimate of drug-likeness (QED) is 0.0423. The van der Waals surface area contributed by atoms with Gasteiger partial charge < -0.3 is 15.5 Å².